The Morgan fingerprint density at radius 3 is 2.59 bits per heavy atom. The van der Waals surface area contributed by atoms with Crippen LogP contribution in [0.2, 0.25) is 0 Å². The van der Waals surface area contributed by atoms with Gasteiger partial charge in [-0.3, -0.25) is 0 Å². The number of halogens is 2. The van der Waals surface area contributed by atoms with E-state index in [2.05, 4.69) is 30.9 Å². The largest absolute Gasteiger partial charge is 0.495 e. The van der Waals surface area contributed by atoms with E-state index in [0.717, 1.165) is 27.9 Å². The normalized spacial score (nSPS) is 17.7. The lowest BCUT2D eigenvalue weighted by Gasteiger charge is -2.32. The summed E-state index contributed by atoms with van der Waals surface area (Å²) < 4.78 is 29.6. The fraction of sp³-hybridized carbons (Fsp3) is 0.150. The van der Waals surface area contributed by atoms with Crippen molar-refractivity contribution >= 4 is 34.5 Å². The van der Waals surface area contributed by atoms with Crippen molar-refractivity contribution in [2.24, 2.45) is 10.7 Å². The van der Waals surface area contributed by atoms with Crippen molar-refractivity contribution in [3.63, 3.8) is 0 Å². The summed E-state index contributed by atoms with van der Waals surface area (Å²) in [6.07, 6.45) is 2.68. The van der Waals surface area contributed by atoms with Gasteiger partial charge >= 0.3 is 7.12 Å². The molecule has 1 aromatic carbocycles. The number of methoxy groups -OCH3 is 1. The molecule has 2 aromatic heterocycles. The number of ether oxygens (including phenoxy) is 3. The zero-order valence-corrected chi connectivity index (χ0v) is 18.3. The highest BCUT2D eigenvalue weighted by atomic mass is 79.9. The van der Waals surface area contributed by atoms with Gasteiger partial charge in [-0.1, -0.05) is 22.0 Å². The van der Waals surface area contributed by atoms with Crippen molar-refractivity contribution in [3.8, 4) is 17.4 Å². The molecule has 1 spiro atoms. The molecule has 9 nitrogen and oxygen atoms in total. The van der Waals surface area contributed by atoms with Crippen molar-refractivity contribution in [2.75, 3.05) is 13.7 Å². The van der Waals surface area contributed by atoms with Crippen molar-refractivity contribution in [3.05, 3.63) is 70.3 Å². The molecule has 0 fully saturated rings. The number of nitrogens with zero attached hydrogens (tertiary/aromatic N) is 3. The first kappa shape index (κ1) is 22.0. The van der Waals surface area contributed by atoms with Gasteiger partial charge in [0.1, 0.15) is 18.1 Å². The number of nitrogens with two attached hydrogens (primary N) is 1. The quantitative estimate of drug-likeness (QED) is 0.354. The van der Waals surface area contributed by atoms with Crippen LogP contribution in [0.3, 0.4) is 0 Å². The zero-order chi connectivity index (χ0) is 22.9. The molecule has 0 amide bonds. The number of aliphatic imine (C=N–C) groups is 1. The Morgan fingerprint density at radius 2 is 1.97 bits per heavy atom. The van der Waals surface area contributed by atoms with Gasteiger partial charge in [-0.15, -0.1) is 0 Å². The summed E-state index contributed by atoms with van der Waals surface area (Å²) in [6.45, 7) is 0.299. The Labute approximate surface area is 191 Å². The highest BCUT2D eigenvalue weighted by Gasteiger charge is 2.47. The Hall–Kier alpha value is -3.22. The van der Waals surface area contributed by atoms with Crippen molar-refractivity contribution in [1.29, 1.82) is 0 Å². The summed E-state index contributed by atoms with van der Waals surface area (Å²) >= 11 is 3.49. The van der Waals surface area contributed by atoms with Crippen LogP contribution in [-0.4, -0.2) is 46.9 Å². The second kappa shape index (κ2) is 8.73. The second-order valence-corrected chi connectivity index (χ2v) is 7.77. The summed E-state index contributed by atoms with van der Waals surface area (Å²) in [5.41, 5.74) is 6.86. The number of aromatic nitrogens is 2. The van der Waals surface area contributed by atoms with E-state index in [1.54, 1.807) is 13.3 Å². The molecular formula is C20H17BBrFN4O5. The summed E-state index contributed by atoms with van der Waals surface area (Å²) in [4.78, 5) is 12.1. The average Bonchev–Trinajstić information content (AvgIpc) is 3.17. The third kappa shape index (κ3) is 4.11. The molecule has 0 bridgehead atoms. The molecule has 0 saturated carbocycles. The Kier molecular flexibility index (Phi) is 6.00. The van der Waals surface area contributed by atoms with Crippen LogP contribution < -0.4 is 20.7 Å². The number of hydrogen-bond acceptors (Lipinski definition) is 9. The second-order valence-electron chi connectivity index (χ2n) is 6.86. The molecule has 5 rings (SSSR count). The van der Waals surface area contributed by atoms with Gasteiger partial charge in [-0.2, -0.15) is 4.39 Å². The third-order valence-electron chi connectivity index (χ3n) is 4.88. The minimum atomic E-state index is -1.58. The maximum absolute atomic E-state index is 12.1. The number of benzene rings is 1. The van der Waals surface area contributed by atoms with E-state index >= 15 is 0 Å². The zero-order valence-electron chi connectivity index (χ0n) is 16.7. The smallest absolute Gasteiger partial charge is 0.490 e. The Bertz CT molecular complexity index is 1180. The number of hydrogen-bond donors (Lipinski definition) is 3. The van der Waals surface area contributed by atoms with E-state index in [1.165, 1.54) is 6.07 Å². The number of rotatable bonds is 2. The van der Waals surface area contributed by atoms with Gasteiger partial charge in [0.25, 0.3) is 6.02 Å². The molecule has 0 saturated heterocycles. The SMILES string of the molecule is COc1cnc2c(c1)C1(COC(N)=N1)c1cc(Br)ccc1O2.OB(O)c1ccc(F)nc1. The molecule has 1 unspecified atom stereocenters. The fourth-order valence-electron chi connectivity index (χ4n) is 3.33. The highest BCUT2D eigenvalue weighted by Crippen LogP contribution is 2.51. The maximum atomic E-state index is 12.1. The molecule has 0 radical (unpaired) electrons. The van der Waals surface area contributed by atoms with Crippen LogP contribution in [0.15, 0.2) is 58.3 Å². The van der Waals surface area contributed by atoms with Gasteiger partial charge in [0.2, 0.25) is 11.8 Å². The monoisotopic (exact) mass is 502 g/mol. The molecule has 2 aliphatic heterocycles. The maximum Gasteiger partial charge on any atom is 0.490 e. The van der Waals surface area contributed by atoms with Gasteiger partial charge in [-0.25, -0.2) is 15.0 Å². The predicted octanol–water partition coefficient (Wildman–Crippen LogP) is 1.45. The Morgan fingerprint density at radius 1 is 1.16 bits per heavy atom. The topological polar surface area (TPSA) is 132 Å². The van der Waals surface area contributed by atoms with Crippen LogP contribution in [0.5, 0.6) is 17.4 Å². The molecule has 164 valence electrons. The van der Waals surface area contributed by atoms with E-state index in [0.29, 0.717) is 24.0 Å². The summed E-state index contributed by atoms with van der Waals surface area (Å²) in [6, 6.07) is 10.1. The average molecular weight is 503 g/mol. The van der Waals surface area contributed by atoms with E-state index < -0.39 is 18.6 Å². The molecule has 4 N–H and O–H groups in total. The molecule has 2 aliphatic rings. The number of amidine groups is 1. The van der Waals surface area contributed by atoms with Crippen LogP contribution in [0, 0.1) is 5.95 Å². The summed E-state index contributed by atoms with van der Waals surface area (Å²) in [7, 11) is 0.0145. The van der Waals surface area contributed by atoms with E-state index in [4.69, 9.17) is 30.0 Å². The van der Waals surface area contributed by atoms with Crippen LogP contribution in [0.25, 0.3) is 0 Å². The first-order chi connectivity index (χ1) is 15.3. The predicted molar refractivity (Wildman–Crippen MR) is 117 cm³/mol. The minimum absolute atomic E-state index is 0.154. The van der Waals surface area contributed by atoms with E-state index in [-0.39, 0.29) is 11.5 Å². The molecule has 0 aliphatic carbocycles. The first-order valence-electron chi connectivity index (χ1n) is 9.30. The van der Waals surface area contributed by atoms with E-state index in [9.17, 15) is 4.39 Å². The molecule has 12 heteroatoms. The van der Waals surface area contributed by atoms with Crippen LogP contribution >= 0.6 is 15.9 Å². The standard InChI is InChI=1S/C15H12BrN3O3.C5H5BFNO2/c1-20-9-5-11-13(18-6-9)22-12-3-2-8(16)4-10(12)15(11)7-21-14(17)19-15;7-5-2-1-4(3-8-5)6(9)10/h2-6H,7H2,1H3,(H2,17,19);1-3,9-10H. The van der Waals surface area contributed by atoms with Gasteiger partial charge in [0, 0.05) is 21.7 Å². The highest BCUT2D eigenvalue weighted by molar-refractivity contribution is 9.10. The van der Waals surface area contributed by atoms with Gasteiger partial charge < -0.3 is 30.0 Å². The number of fused-ring (bicyclic) bond motifs is 4. The van der Waals surface area contributed by atoms with Gasteiger partial charge in [0.05, 0.1) is 18.9 Å². The first-order valence-corrected chi connectivity index (χ1v) is 10.1. The van der Waals surface area contributed by atoms with Crippen molar-refractivity contribution in [1.82, 2.24) is 9.97 Å². The molecular weight excluding hydrogens is 486 g/mol. The third-order valence-corrected chi connectivity index (χ3v) is 5.37. The van der Waals surface area contributed by atoms with Gasteiger partial charge in [0.15, 0.2) is 5.54 Å². The molecule has 4 heterocycles. The van der Waals surface area contributed by atoms with Gasteiger partial charge in [-0.05, 0) is 30.3 Å². The summed E-state index contributed by atoms with van der Waals surface area (Å²) in [5.74, 6) is 1.17. The fourth-order valence-corrected chi connectivity index (χ4v) is 3.69. The lowest BCUT2D eigenvalue weighted by molar-refractivity contribution is 0.261. The number of pyridine rings is 2. The van der Waals surface area contributed by atoms with Crippen molar-refractivity contribution in [2.45, 2.75) is 5.54 Å². The molecule has 3 aromatic rings. The van der Waals surface area contributed by atoms with Crippen LogP contribution in [-0.2, 0) is 10.3 Å². The molecule has 32 heavy (non-hydrogen) atoms. The van der Waals surface area contributed by atoms with Crippen LogP contribution in [0.1, 0.15) is 11.1 Å². The lowest BCUT2D eigenvalue weighted by Crippen LogP contribution is -2.31. The lowest BCUT2D eigenvalue weighted by atomic mass is 9.82. The van der Waals surface area contributed by atoms with Crippen molar-refractivity contribution < 1.29 is 28.6 Å². The van der Waals surface area contributed by atoms with Crippen LogP contribution in [0.4, 0.5) is 4.39 Å². The molecule has 1 atom stereocenters. The van der Waals surface area contributed by atoms with E-state index in [1.807, 2.05) is 24.3 Å². The Balaban J connectivity index is 0.000000207. The summed E-state index contributed by atoms with van der Waals surface area (Å²) in [5, 5.41) is 17.0. The minimum Gasteiger partial charge on any atom is -0.495 e.